The Balaban J connectivity index is 1.67. The van der Waals surface area contributed by atoms with Crippen molar-refractivity contribution < 1.29 is 24.2 Å². The van der Waals surface area contributed by atoms with Gasteiger partial charge in [-0.2, -0.15) is 11.8 Å². The Bertz CT molecular complexity index is 998. The summed E-state index contributed by atoms with van der Waals surface area (Å²) in [6, 6.07) is 14.3. The molecule has 3 atom stereocenters. The summed E-state index contributed by atoms with van der Waals surface area (Å²) in [6.07, 6.45) is 2.71. The molecule has 1 aliphatic rings. The lowest BCUT2D eigenvalue weighted by molar-refractivity contribution is -0.142. The molecule has 0 heterocycles. The van der Waals surface area contributed by atoms with Gasteiger partial charge in [-0.3, -0.25) is 4.79 Å². The zero-order valence-electron chi connectivity index (χ0n) is 20.5. The van der Waals surface area contributed by atoms with Crippen LogP contribution in [0.25, 0.3) is 11.1 Å². The van der Waals surface area contributed by atoms with Gasteiger partial charge < -0.3 is 20.5 Å². The van der Waals surface area contributed by atoms with Crippen molar-refractivity contribution in [2.75, 3.05) is 18.6 Å². The van der Waals surface area contributed by atoms with E-state index in [0.717, 1.165) is 28.7 Å². The predicted octanol–water partition coefficient (Wildman–Crippen LogP) is 4.65. The second-order valence-corrected chi connectivity index (χ2v) is 9.94. The first kappa shape index (κ1) is 26.6. The number of carbonyl (C=O) groups is 3. The van der Waals surface area contributed by atoms with Crippen molar-refractivity contribution in [3.8, 4) is 11.1 Å². The highest BCUT2D eigenvalue weighted by atomic mass is 32.2. The van der Waals surface area contributed by atoms with Gasteiger partial charge in [-0.05, 0) is 53.0 Å². The van der Waals surface area contributed by atoms with Crippen molar-refractivity contribution in [2.24, 2.45) is 5.92 Å². The summed E-state index contributed by atoms with van der Waals surface area (Å²) < 4.78 is 5.60. The van der Waals surface area contributed by atoms with E-state index in [4.69, 9.17) is 4.74 Å². The Hall–Kier alpha value is -3.00. The SMILES string of the molecule is CCC(C)CC(NC(=O)OCC1c2ccccc2-c2ccccc21)C(=O)N[C@H](CCSC)C(=O)O. The summed E-state index contributed by atoms with van der Waals surface area (Å²) in [4.78, 5) is 37.3. The Morgan fingerprint density at radius 2 is 1.60 bits per heavy atom. The van der Waals surface area contributed by atoms with E-state index in [1.807, 2.05) is 56.5 Å². The first-order valence-corrected chi connectivity index (χ1v) is 13.4. The molecule has 2 unspecified atom stereocenters. The number of benzene rings is 2. The molecule has 0 fully saturated rings. The summed E-state index contributed by atoms with van der Waals surface area (Å²) in [5, 5.41) is 14.7. The van der Waals surface area contributed by atoms with Crippen LogP contribution in [0.2, 0.25) is 0 Å². The van der Waals surface area contributed by atoms with E-state index >= 15 is 0 Å². The largest absolute Gasteiger partial charge is 0.480 e. The van der Waals surface area contributed by atoms with Crippen LogP contribution in [0.1, 0.15) is 50.2 Å². The van der Waals surface area contributed by atoms with Gasteiger partial charge in [0.05, 0.1) is 0 Å². The van der Waals surface area contributed by atoms with E-state index in [-0.39, 0.29) is 18.4 Å². The number of thioether (sulfide) groups is 1. The van der Waals surface area contributed by atoms with Gasteiger partial charge in [0.2, 0.25) is 5.91 Å². The molecule has 0 bridgehead atoms. The third-order valence-electron chi connectivity index (χ3n) is 6.51. The van der Waals surface area contributed by atoms with Crippen molar-refractivity contribution >= 4 is 29.7 Å². The van der Waals surface area contributed by atoms with E-state index < -0.39 is 30.1 Å². The number of fused-ring (bicyclic) bond motifs is 3. The predicted molar refractivity (Wildman–Crippen MR) is 139 cm³/mol. The topological polar surface area (TPSA) is 105 Å². The average Bonchev–Trinajstić information content (AvgIpc) is 3.18. The Labute approximate surface area is 211 Å². The summed E-state index contributed by atoms with van der Waals surface area (Å²) in [6.45, 7) is 4.14. The van der Waals surface area contributed by atoms with E-state index in [1.165, 1.54) is 11.8 Å². The number of carbonyl (C=O) groups excluding carboxylic acids is 2. The molecule has 2 aromatic rings. The molecule has 0 aromatic heterocycles. The van der Waals surface area contributed by atoms with Gasteiger partial charge in [0.1, 0.15) is 18.7 Å². The van der Waals surface area contributed by atoms with Gasteiger partial charge in [-0.15, -0.1) is 0 Å². The number of amides is 2. The van der Waals surface area contributed by atoms with Crippen molar-refractivity contribution in [1.82, 2.24) is 10.6 Å². The van der Waals surface area contributed by atoms with Crippen LogP contribution in [0.4, 0.5) is 4.79 Å². The average molecular weight is 499 g/mol. The van der Waals surface area contributed by atoms with Gasteiger partial charge in [0, 0.05) is 5.92 Å². The van der Waals surface area contributed by atoms with Crippen molar-refractivity contribution in [2.45, 2.75) is 51.1 Å². The fraction of sp³-hybridized carbons (Fsp3) is 0.444. The van der Waals surface area contributed by atoms with Crippen LogP contribution in [-0.2, 0) is 14.3 Å². The minimum atomic E-state index is -1.09. The van der Waals surface area contributed by atoms with Crippen molar-refractivity contribution in [3.63, 3.8) is 0 Å². The first-order valence-electron chi connectivity index (χ1n) is 12.0. The molecule has 0 spiro atoms. The molecular weight excluding hydrogens is 464 g/mol. The summed E-state index contributed by atoms with van der Waals surface area (Å²) in [5.41, 5.74) is 4.48. The van der Waals surface area contributed by atoms with Gasteiger partial charge in [0.15, 0.2) is 0 Å². The minimum absolute atomic E-state index is 0.0853. The number of carboxylic acids is 1. The standard InChI is InChI=1S/C27H34N2O5S/c1-4-17(2)15-24(25(30)28-23(26(31)32)13-14-35-3)29-27(33)34-16-22-20-11-7-5-9-18(20)19-10-6-8-12-21(19)22/h5-12,17,22-24H,4,13-16H2,1-3H3,(H,28,30)(H,29,33)(H,31,32)/t17?,23-,24?/m1/s1. The zero-order chi connectivity index (χ0) is 25.4. The molecule has 188 valence electrons. The van der Waals surface area contributed by atoms with Crippen LogP contribution >= 0.6 is 11.8 Å². The molecule has 35 heavy (non-hydrogen) atoms. The number of carboxylic acid groups (broad SMARTS) is 1. The normalized spacial score (nSPS) is 14.8. The maximum absolute atomic E-state index is 12.9. The third-order valence-corrected chi connectivity index (χ3v) is 7.16. The van der Waals surface area contributed by atoms with E-state index in [1.54, 1.807) is 0 Å². The molecule has 0 saturated carbocycles. The number of ether oxygens (including phenoxy) is 1. The number of hydrogen-bond donors (Lipinski definition) is 3. The van der Waals surface area contributed by atoms with E-state index in [2.05, 4.69) is 22.8 Å². The van der Waals surface area contributed by atoms with E-state index in [0.29, 0.717) is 18.6 Å². The highest BCUT2D eigenvalue weighted by Gasteiger charge is 2.31. The number of aliphatic carboxylic acids is 1. The monoisotopic (exact) mass is 498 g/mol. The second-order valence-electron chi connectivity index (χ2n) is 8.95. The molecule has 0 aliphatic heterocycles. The van der Waals surface area contributed by atoms with Gasteiger partial charge in [0.25, 0.3) is 0 Å². The summed E-state index contributed by atoms with van der Waals surface area (Å²) in [7, 11) is 0. The fourth-order valence-electron chi connectivity index (χ4n) is 4.35. The Morgan fingerprint density at radius 3 is 2.14 bits per heavy atom. The molecule has 3 N–H and O–H groups in total. The third kappa shape index (κ3) is 6.78. The van der Waals surface area contributed by atoms with Crippen LogP contribution in [0.5, 0.6) is 0 Å². The van der Waals surface area contributed by atoms with Gasteiger partial charge in [-0.25, -0.2) is 9.59 Å². The Kier molecular flexibility index (Phi) is 9.60. The number of hydrogen-bond acceptors (Lipinski definition) is 5. The second kappa shape index (κ2) is 12.6. The molecule has 2 amide bonds. The lowest BCUT2D eigenvalue weighted by Gasteiger charge is -2.23. The summed E-state index contributed by atoms with van der Waals surface area (Å²) in [5.74, 6) is -0.914. The van der Waals surface area contributed by atoms with Crippen LogP contribution in [0.15, 0.2) is 48.5 Å². The smallest absolute Gasteiger partial charge is 0.407 e. The van der Waals surface area contributed by atoms with Gasteiger partial charge >= 0.3 is 12.1 Å². The molecule has 7 nitrogen and oxygen atoms in total. The molecular formula is C27H34N2O5S. The maximum atomic E-state index is 12.9. The highest BCUT2D eigenvalue weighted by Crippen LogP contribution is 2.44. The zero-order valence-corrected chi connectivity index (χ0v) is 21.3. The fourth-order valence-corrected chi connectivity index (χ4v) is 4.82. The minimum Gasteiger partial charge on any atom is -0.480 e. The van der Waals surface area contributed by atoms with Crippen LogP contribution in [0, 0.1) is 5.92 Å². The molecule has 0 radical (unpaired) electrons. The first-order chi connectivity index (χ1) is 16.8. The molecule has 3 rings (SSSR count). The summed E-state index contributed by atoms with van der Waals surface area (Å²) >= 11 is 1.51. The quantitative estimate of drug-likeness (QED) is 0.393. The van der Waals surface area contributed by atoms with Crippen LogP contribution in [0.3, 0.4) is 0 Å². The number of rotatable bonds is 12. The highest BCUT2D eigenvalue weighted by molar-refractivity contribution is 7.98. The van der Waals surface area contributed by atoms with Crippen molar-refractivity contribution in [1.29, 1.82) is 0 Å². The molecule has 8 heteroatoms. The molecule has 1 aliphatic carbocycles. The maximum Gasteiger partial charge on any atom is 0.407 e. The number of nitrogens with one attached hydrogen (secondary N) is 2. The lowest BCUT2D eigenvalue weighted by atomic mass is 9.98. The van der Waals surface area contributed by atoms with Gasteiger partial charge in [-0.1, -0.05) is 68.8 Å². The lowest BCUT2D eigenvalue weighted by Crippen LogP contribution is -2.52. The van der Waals surface area contributed by atoms with Crippen LogP contribution in [-0.4, -0.2) is 53.8 Å². The van der Waals surface area contributed by atoms with E-state index in [9.17, 15) is 19.5 Å². The molecule has 2 aromatic carbocycles. The Morgan fingerprint density at radius 1 is 1.00 bits per heavy atom. The molecule has 0 saturated heterocycles. The van der Waals surface area contributed by atoms with Crippen LogP contribution < -0.4 is 10.6 Å². The number of alkyl carbamates (subject to hydrolysis) is 1. The van der Waals surface area contributed by atoms with Crippen molar-refractivity contribution in [3.05, 3.63) is 59.7 Å².